The summed E-state index contributed by atoms with van der Waals surface area (Å²) in [7, 11) is 0. The Labute approximate surface area is 197 Å². The summed E-state index contributed by atoms with van der Waals surface area (Å²) < 4.78 is 24.7. The molecule has 0 aromatic heterocycles. The monoisotopic (exact) mass is 456 g/mol. The van der Waals surface area contributed by atoms with E-state index in [4.69, 9.17) is 9.47 Å². The van der Waals surface area contributed by atoms with E-state index < -0.39 is 0 Å². The highest BCUT2D eigenvalue weighted by Crippen LogP contribution is 2.27. The molecule has 1 N–H and O–H groups in total. The van der Waals surface area contributed by atoms with Gasteiger partial charge in [-0.15, -0.1) is 0 Å². The van der Waals surface area contributed by atoms with Crippen molar-refractivity contribution < 1.29 is 18.7 Å². The van der Waals surface area contributed by atoms with Crippen LogP contribution in [-0.4, -0.2) is 18.7 Å². The number of hydrazone groups is 1. The van der Waals surface area contributed by atoms with Gasteiger partial charge in [0.25, 0.3) is 5.91 Å². The van der Waals surface area contributed by atoms with E-state index in [1.807, 2.05) is 60.7 Å². The van der Waals surface area contributed by atoms with Gasteiger partial charge in [0.15, 0.2) is 6.61 Å². The number of hydrogen-bond acceptors (Lipinski definition) is 4. The van der Waals surface area contributed by atoms with Crippen molar-refractivity contribution in [2.45, 2.75) is 20.0 Å². The maximum absolute atomic E-state index is 13.2. The molecule has 34 heavy (non-hydrogen) atoms. The number of halogens is 1. The number of benzene rings is 4. The summed E-state index contributed by atoms with van der Waals surface area (Å²) in [5.41, 5.74) is 5.28. The molecular formula is C28H25FN2O3. The van der Waals surface area contributed by atoms with E-state index in [9.17, 15) is 9.18 Å². The van der Waals surface area contributed by atoms with Crippen LogP contribution in [0.4, 0.5) is 4.39 Å². The number of carbonyl (C=O) groups is 1. The smallest absolute Gasteiger partial charge is 0.277 e. The molecule has 172 valence electrons. The van der Waals surface area contributed by atoms with Crippen molar-refractivity contribution in [2.75, 3.05) is 6.61 Å². The fourth-order valence-corrected chi connectivity index (χ4v) is 3.45. The van der Waals surface area contributed by atoms with Crippen LogP contribution in [0.25, 0.3) is 10.8 Å². The van der Waals surface area contributed by atoms with Crippen molar-refractivity contribution in [3.8, 4) is 11.5 Å². The van der Waals surface area contributed by atoms with Crippen molar-refractivity contribution in [1.82, 2.24) is 5.43 Å². The van der Waals surface area contributed by atoms with Crippen molar-refractivity contribution in [2.24, 2.45) is 5.10 Å². The molecule has 0 aliphatic carbocycles. The van der Waals surface area contributed by atoms with Crippen molar-refractivity contribution in [3.63, 3.8) is 0 Å². The maximum atomic E-state index is 13.2. The SMILES string of the molecule is CCc1ccc(OCC(=O)N/N=C/c2c(OCc3ccc(F)cc3)ccc3ccccc23)cc1. The van der Waals surface area contributed by atoms with E-state index in [2.05, 4.69) is 17.5 Å². The molecule has 4 rings (SSSR count). The molecule has 0 atom stereocenters. The summed E-state index contributed by atoms with van der Waals surface area (Å²) in [6, 6.07) is 25.5. The maximum Gasteiger partial charge on any atom is 0.277 e. The Morgan fingerprint density at radius 3 is 2.41 bits per heavy atom. The van der Waals surface area contributed by atoms with Gasteiger partial charge in [-0.2, -0.15) is 5.10 Å². The lowest BCUT2D eigenvalue weighted by atomic mass is 10.0. The van der Waals surface area contributed by atoms with Crippen LogP contribution in [0.1, 0.15) is 23.6 Å². The van der Waals surface area contributed by atoms with Gasteiger partial charge in [0.2, 0.25) is 0 Å². The summed E-state index contributed by atoms with van der Waals surface area (Å²) in [6.07, 6.45) is 2.51. The highest BCUT2D eigenvalue weighted by atomic mass is 19.1. The molecule has 0 aliphatic heterocycles. The van der Waals surface area contributed by atoms with E-state index in [0.29, 0.717) is 11.5 Å². The molecule has 4 aromatic carbocycles. The zero-order chi connectivity index (χ0) is 23.8. The van der Waals surface area contributed by atoms with E-state index in [-0.39, 0.29) is 24.9 Å². The highest BCUT2D eigenvalue weighted by molar-refractivity contribution is 6.02. The third-order valence-electron chi connectivity index (χ3n) is 5.32. The second kappa shape index (κ2) is 11.1. The van der Waals surface area contributed by atoms with Gasteiger partial charge in [-0.3, -0.25) is 4.79 Å². The van der Waals surface area contributed by atoms with Gasteiger partial charge in [-0.05, 0) is 58.7 Å². The van der Waals surface area contributed by atoms with Crippen LogP contribution in [0, 0.1) is 5.82 Å². The summed E-state index contributed by atoms with van der Waals surface area (Å²) in [5.74, 6) is 0.569. The van der Waals surface area contributed by atoms with Crippen LogP contribution in [0.3, 0.4) is 0 Å². The van der Waals surface area contributed by atoms with Gasteiger partial charge < -0.3 is 9.47 Å². The summed E-state index contributed by atoms with van der Waals surface area (Å²) in [5, 5.41) is 6.08. The van der Waals surface area contributed by atoms with Gasteiger partial charge in [-0.1, -0.05) is 61.5 Å². The predicted molar refractivity (Wildman–Crippen MR) is 132 cm³/mol. The molecular weight excluding hydrogens is 431 g/mol. The summed E-state index contributed by atoms with van der Waals surface area (Å²) in [6.45, 7) is 2.21. The van der Waals surface area contributed by atoms with Crippen molar-refractivity contribution in [1.29, 1.82) is 0 Å². The molecule has 0 unspecified atom stereocenters. The number of nitrogens with one attached hydrogen (secondary N) is 1. The van der Waals surface area contributed by atoms with Gasteiger partial charge >= 0.3 is 0 Å². The lowest BCUT2D eigenvalue weighted by Gasteiger charge is -2.12. The number of fused-ring (bicyclic) bond motifs is 1. The molecule has 0 fully saturated rings. The highest BCUT2D eigenvalue weighted by Gasteiger charge is 2.09. The fourth-order valence-electron chi connectivity index (χ4n) is 3.45. The molecule has 0 radical (unpaired) electrons. The molecule has 0 saturated heterocycles. The minimum absolute atomic E-state index is 0.147. The van der Waals surface area contributed by atoms with Gasteiger partial charge in [0, 0.05) is 5.56 Å². The number of rotatable bonds is 9. The summed E-state index contributed by atoms with van der Waals surface area (Å²) in [4.78, 5) is 12.2. The topological polar surface area (TPSA) is 59.9 Å². The first-order valence-electron chi connectivity index (χ1n) is 11.0. The van der Waals surface area contributed by atoms with Crippen molar-refractivity contribution in [3.05, 3.63) is 107 Å². The Morgan fingerprint density at radius 1 is 0.912 bits per heavy atom. The second-order valence-corrected chi connectivity index (χ2v) is 7.69. The number of carbonyl (C=O) groups excluding carboxylic acids is 1. The Hall–Kier alpha value is -4.19. The summed E-state index contributed by atoms with van der Waals surface area (Å²) >= 11 is 0. The largest absolute Gasteiger partial charge is 0.488 e. The van der Waals surface area contributed by atoms with Crippen LogP contribution in [-0.2, 0) is 17.8 Å². The first-order valence-corrected chi connectivity index (χ1v) is 11.0. The van der Waals surface area contributed by atoms with E-state index >= 15 is 0 Å². The minimum atomic E-state index is -0.371. The molecule has 6 heteroatoms. The Kier molecular flexibility index (Phi) is 7.50. The Bertz CT molecular complexity index is 1290. The van der Waals surface area contributed by atoms with Crippen LogP contribution in [0.2, 0.25) is 0 Å². The molecule has 0 saturated carbocycles. The number of aryl methyl sites for hydroxylation is 1. The zero-order valence-corrected chi connectivity index (χ0v) is 18.8. The van der Waals surface area contributed by atoms with Crippen LogP contribution < -0.4 is 14.9 Å². The van der Waals surface area contributed by atoms with E-state index in [1.54, 1.807) is 18.3 Å². The van der Waals surface area contributed by atoms with Gasteiger partial charge in [0.1, 0.15) is 23.9 Å². The molecule has 5 nitrogen and oxygen atoms in total. The molecule has 0 spiro atoms. The average Bonchev–Trinajstić information content (AvgIpc) is 2.88. The lowest BCUT2D eigenvalue weighted by molar-refractivity contribution is -0.123. The Morgan fingerprint density at radius 2 is 1.65 bits per heavy atom. The Balaban J connectivity index is 1.43. The average molecular weight is 457 g/mol. The molecule has 0 aliphatic rings. The van der Waals surface area contributed by atoms with E-state index in [1.165, 1.54) is 17.7 Å². The number of nitrogens with zero attached hydrogens (tertiary/aromatic N) is 1. The lowest BCUT2D eigenvalue weighted by Crippen LogP contribution is -2.24. The normalized spacial score (nSPS) is 11.0. The molecule has 0 bridgehead atoms. The third-order valence-corrected chi connectivity index (χ3v) is 5.32. The quantitative estimate of drug-likeness (QED) is 0.262. The predicted octanol–water partition coefficient (Wildman–Crippen LogP) is 5.65. The van der Waals surface area contributed by atoms with Crippen LogP contribution >= 0.6 is 0 Å². The van der Waals surface area contributed by atoms with Gasteiger partial charge in [0.05, 0.1) is 6.21 Å². The van der Waals surface area contributed by atoms with Crippen LogP contribution in [0.5, 0.6) is 11.5 Å². The van der Waals surface area contributed by atoms with Gasteiger partial charge in [-0.25, -0.2) is 9.82 Å². The first-order chi connectivity index (χ1) is 16.6. The van der Waals surface area contributed by atoms with E-state index in [0.717, 1.165) is 28.3 Å². The number of amides is 1. The number of ether oxygens (including phenoxy) is 2. The molecule has 4 aromatic rings. The molecule has 0 heterocycles. The van der Waals surface area contributed by atoms with Crippen LogP contribution in [0.15, 0.2) is 90.0 Å². The first kappa shape index (κ1) is 23.0. The second-order valence-electron chi connectivity index (χ2n) is 7.69. The standard InChI is InChI=1S/C28H25FN2O3/c1-2-20-9-14-24(15-10-20)33-19-28(32)31-30-17-26-25-6-4-3-5-22(25)11-16-27(26)34-18-21-7-12-23(29)13-8-21/h3-17H,2,18-19H2,1H3,(H,31,32)/b30-17+. The zero-order valence-electron chi connectivity index (χ0n) is 18.8. The number of hydrogen-bond donors (Lipinski definition) is 1. The minimum Gasteiger partial charge on any atom is -0.488 e. The van der Waals surface area contributed by atoms with Crippen molar-refractivity contribution >= 4 is 22.9 Å². The molecule has 1 amide bonds. The third kappa shape index (κ3) is 5.98. The fraction of sp³-hybridized carbons (Fsp3) is 0.143.